The molecular formula is C20H16N5O4S-. The van der Waals surface area contributed by atoms with E-state index in [0.29, 0.717) is 17.8 Å². The van der Waals surface area contributed by atoms with Crippen LogP contribution in [0.2, 0.25) is 0 Å². The number of benzene rings is 2. The standard InChI is InChI=1S/C20H17N5O4S/c26-20(27)18-11-21-13-24(18)25-12-16(19(22-25)15-4-2-1-3-5-15)10-14-6-8-17(9-7-14)23-30(28)29/h1-9,11-13,23H,10H2,(H,26,27)(H,28,29)/p-1. The van der Waals surface area contributed by atoms with Crippen molar-refractivity contribution in [1.82, 2.24) is 19.5 Å². The van der Waals surface area contributed by atoms with Gasteiger partial charge in [0.2, 0.25) is 0 Å². The van der Waals surface area contributed by atoms with E-state index < -0.39 is 17.2 Å². The second-order valence-electron chi connectivity index (χ2n) is 6.43. The fourth-order valence-corrected chi connectivity index (χ4v) is 3.42. The molecular weight excluding hydrogens is 406 g/mol. The molecule has 0 fully saturated rings. The van der Waals surface area contributed by atoms with Gasteiger partial charge in [0.1, 0.15) is 6.33 Å². The molecule has 4 aromatic rings. The third-order valence-electron chi connectivity index (χ3n) is 4.43. The first-order chi connectivity index (χ1) is 14.5. The molecule has 1 unspecified atom stereocenters. The Labute approximate surface area is 174 Å². The highest BCUT2D eigenvalue weighted by molar-refractivity contribution is 7.80. The van der Waals surface area contributed by atoms with Gasteiger partial charge < -0.3 is 14.4 Å². The number of carboxylic acids is 1. The molecule has 2 heterocycles. The molecule has 0 saturated carbocycles. The van der Waals surface area contributed by atoms with Gasteiger partial charge in [-0.15, -0.1) is 0 Å². The molecule has 2 aromatic heterocycles. The lowest BCUT2D eigenvalue weighted by atomic mass is 10.0. The Kier molecular flexibility index (Phi) is 5.42. The lowest BCUT2D eigenvalue weighted by Crippen LogP contribution is -2.15. The average molecular weight is 422 g/mol. The van der Waals surface area contributed by atoms with Crippen molar-refractivity contribution < 1.29 is 18.7 Å². The molecule has 2 aromatic carbocycles. The number of hydrogen-bond donors (Lipinski definition) is 2. The van der Waals surface area contributed by atoms with Crippen molar-refractivity contribution in [3.63, 3.8) is 0 Å². The highest BCUT2D eigenvalue weighted by Gasteiger charge is 2.16. The van der Waals surface area contributed by atoms with Crippen molar-refractivity contribution in [1.29, 1.82) is 0 Å². The number of nitrogens with zero attached hydrogens (tertiary/aromatic N) is 4. The molecule has 0 saturated heterocycles. The Morgan fingerprint density at radius 3 is 2.53 bits per heavy atom. The van der Waals surface area contributed by atoms with E-state index in [-0.39, 0.29) is 5.69 Å². The fraction of sp³-hybridized carbons (Fsp3) is 0.0500. The van der Waals surface area contributed by atoms with Crippen LogP contribution in [-0.4, -0.2) is 39.4 Å². The lowest BCUT2D eigenvalue weighted by molar-refractivity contribution is 0.0682. The van der Waals surface area contributed by atoms with Crippen LogP contribution in [0.4, 0.5) is 5.69 Å². The minimum Gasteiger partial charge on any atom is -0.755 e. The van der Waals surface area contributed by atoms with Crippen molar-refractivity contribution in [3.05, 3.63) is 90.1 Å². The fourth-order valence-electron chi connectivity index (χ4n) is 3.09. The summed E-state index contributed by atoms with van der Waals surface area (Å²) in [5.74, 6) is -1.11. The molecule has 4 rings (SSSR count). The molecule has 30 heavy (non-hydrogen) atoms. The topological polar surface area (TPSA) is 125 Å². The van der Waals surface area contributed by atoms with Gasteiger partial charge in [-0.25, -0.2) is 14.5 Å². The first-order valence-electron chi connectivity index (χ1n) is 8.86. The summed E-state index contributed by atoms with van der Waals surface area (Å²) < 4.78 is 25.2. The summed E-state index contributed by atoms with van der Waals surface area (Å²) >= 11 is -2.38. The number of carbonyl (C=O) groups is 1. The predicted molar refractivity (Wildman–Crippen MR) is 109 cm³/mol. The SMILES string of the molecule is O=C(O)c1cncn1-n1cc(Cc2ccc(NS(=O)[O-])cc2)c(-c2ccccc2)n1. The summed E-state index contributed by atoms with van der Waals surface area (Å²) in [6.45, 7) is 0. The zero-order valence-electron chi connectivity index (χ0n) is 15.5. The van der Waals surface area contributed by atoms with Gasteiger partial charge in [-0.2, -0.15) is 9.89 Å². The monoisotopic (exact) mass is 422 g/mol. The van der Waals surface area contributed by atoms with Crippen LogP contribution in [0.3, 0.4) is 0 Å². The quantitative estimate of drug-likeness (QED) is 0.441. The van der Waals surface area contributed by atoms with E-state index in [1.54, 1.807) is 18.3 Å². The van der Waals surface area contributed by atoms with Crippen molar-refractivity contribution in [2.75, 3.05) is 4.72 Å². The van der Waals surface area contributed by atoms with E-state index in [9.17, 15) is 18.7 Å². The average Bonchev–Trinajstić information content (AvgIpc) is 3.37. The summed E-state index contributed by atoms with van der Waals surface area (Å²) in [7, 11) is 0. The maximum atomic E-state index is 11.5. The Hall–Kier alpha value is -3.76. The minimum atomic E-state index is -2.38. The summed E-state index contributed by atoms with van der Waals surface area (Å²) in [5, 5.41) is 14.0. The Balaban J connectivity index is 1.72. The van der Waals surface area contributed by atoms with E-state index in [4.69, 9.17) is 0 Å². The number of imidazole rings is 1. The van der Waals surface area contributed by atoms with Crippen molar-refractivity contribution >= 4 is 22.9 Å². The molecule has 1 atom stereocenters. The summed E-state index contributed by atoms with van der Waals surface area (Å²) in [4.78, 5) is 16.8. The van der Waals surface area contributed by atoms with Crippen LogP contribution < -0.4 is 4.72 Å². The van der Waals surface area contributed by atoms with E-state index >= 15 is 0 Å². The third kappa shape index (κ3) is 4.14. The number of aromatic carboxylic acids is 1. The molecule has 10 heteroatoms. The molecule has 0 radical (unpaired) electrons. The van der Waals surface area contributed by atoms with Crippen LogP contribution in [0.25, 0.3) is 11.3 Å². The summed E-state index contributed by atoms with van der Waals surface area (Å²) in [5.41, 5.74) is 3.88. The molecule has 0 bridgehead atoms. The van der Waals surface area contributed by atoms with Gasteiger partial charge in [-0.3, -0.25) is 4.21 Å². The molecule has 0 aliphatic carbocycles. The maximum absolute atomic E-state index is 11.5. The minimum absolute atomic E-state index is 0.00953. The zero-order valence-corrected chi connectivity index (χ0v) is 16.3. The predicted octanol–water partition coefficient (Wildman–Crippen LogP) is 2.55. The Bertz CT molecular complexity index is 1200. The normalized spacial score (nSPS) is 11.9. The number of anilines is 1. The Morgan fingerprint density at radius 1 is 1.13 bits per heavy atom. The molecule has 2 N–H and O–H groups in total. The third-order valence-corrected chi connectivity index (χ3v) is 4.84. The van der Waals surface area contributed by atoms with Crippen LogP contribution in [0, 0.1) is 0 Å². The van der Waals surface area contributed by atoms with Crippen molar-refractivity contribution in [2.24, 2.45) is 0 Å². The number of hydrogen-bond acceptors (Lipinski definition) is 5. The highest BCUT2D eigenvalue weighted by atomic mass is 32.2. The second-order valence-corrected chi connectivity index (χ2v) is 7.10. The van der Waals surface area contributed by atoms with Gasteiger partial charge in [0.05, 0.1) is 18.1 Å². The maximum Gasteiger partial charge on any atom is 0.356 e. The van der Waals surface area contributed by atoms with Gasteiger partial charge in [-0.05, 0) is 17.7 Å². The molecule has 0 aliphatic rings. The van der Waals surface area contributed by atoms with Gasteiger partial charge in [0, 0.05) is 34.5 Å². The lowest BCUT2D eigenvalue weighted by Gasteiger charge is -2.09. The van der Waals surface area contributed by atoms with E-state index in [0.717, 1.165) is 16.7 Å². The van der Waals surface area contributed by atoms with Crippen molar-refractivity contribution in [3.8, 4) is 11.3 Å². The van der Waals surface area contributed by atoms with Gasteiger partial charge >= 0.3 is 5.97 Å². The first-order valence-corrected chi connectivity index (χ1v) is 9.94. The van der Waals surface area contributed by atoms with E-state index in [2.05, 4.69) is 14.8 Å². The zero-order chi connectivity index (χ0) is 21.1. The summed E-state index contributed by atoms with van der Waals surface area (Å²) in [6.07, 6.45) is 4.92. The van der Waals surface area contributed by atoms with Crippen LogP contribution in [0.15, 0.2) is 73.3 Å². The van der Waals surface area contributed by atoms with Crippen LogP contribution in [-0.2, 0) is 17.7 Å². The molecule has 9 nitrogen and oxygen atoms in total. The molecule has 0 amide bonds. The van der Waals surface area contributed by atoms with Crippen LogP contribution in [0.1, 0.15) is 21.6 Å². The van der Waals surface area contributed by atoms with Gasteiger partial charge in [0.15, 0.2) is 5.69 Å². The van der Waals surface area contributed by atoms with E-state index in [1.165, 1.54) is 22.0 Å². The smallest absolute Gasteiger partial charge is 0.356 e. The number of rotatable bonds is 7. The van der Waals surface area contributed by atoms with E-state index in [1.807, 2.05) is 42.5 Å². The van der Waals surface area contributed by atoms with Crippen molar-refractivity contribution in [2.45, 2.75) is 6.42 Å². The number of aromatic nitrogens is 4. The number of carboxylic acid groups (broad SMARTS) is 1. The first kappa shape index (κ1) is 19.6. The number of nitrogens with one attached hydrogen (secondary N) is 1. The largest absolute Gasteiger partial charge is 0.755 e. The van der Waals surface area contributed by atoms with Crippen LogP contribution in [0.5, 0.6) is 0 Å². The second kappa shape index (κ2) is 8.31. The molecule has 0 aliphatic heterocycles. The molecule has 152 valence electrons. The summed E-state index contributed by atoms with van der Waals surface area (Å²) in [6, 6.07) is 16.6. The van der Waals surface area contributed by atoms with Gasteiger partial charge in [0.25, 0.3) is 0 Å². The van der Waals surface area contributed by atoms with Crippen LogP contribution >= 0.6 is 0 Å². The Morgan fingerprint density at radius 2 is 1.87 bits per heavy atom. The molecule has 0 spiro atoms. The van der Waals surface area contributed by atoms with Gasteiger partial charge in [-0.1, -0.05) is 42.5 Å². The highest BCUT2D eigenvalue weighted by Crippen LogP contribution is 2.25.